The molecular formula is C28H28N4O5. The maximum atomic E-state index is 13.8. The third-order valence-corrected chi connectivity index (χ3v) is 6.64. The van der Waals surface area contributed by atoms with Gasteiger partial charge < -0.3 is 24.2 Å². The fourth-order valence-corrected chi connectivity index (χ4v) is 5.00. The van der Waals surface area contributed by atoms with Crippen LogP contribution in [0.4, 0.5) is 0 Å². The minimum atomic E-state index is -0.551. The number of nitrogens with one attached hydrogen (secondary N) is 1. The van der Waals surface area contributed by atoms with Gasteiger partial charge in [0, 0.05) is 30.1 Å². The summed E-state index contributed by atoms with van der Waals surface area (Å²) in [6, 6.07) is 10.7. The quantitative estimate of drug-likeness (QED) is 0.383. The lowest BCUT2D eigenvalue weighted by atomic mass is 9.93. The second-order valence-corrected chi connectivity index (χ2v) is 8.99. The molecule has 190 valence electrons. The van der Waals surface area contributed by atoms with Crippen LogP contribution in [0, 0.1) is 13.8 Å². The number of rotatable bonds is 7. The molecule has 0 saturated heterocycles. The van der Waals surface area contributed by atoms with Crippen LogP contribution in [-0.2, 0) is 6.54 Å². The number of carbonyl (C=O) groups excluding carboxylic acids is 1. The van der Waals surface area contributed by atoms with Gasteiger partial charge in [0.1, 0.15) is 17.1 Å². The van der Waals surface area contributed by atoms with E-state index < -0.39 is 6.04 Å². The van der Waals surface area contributed by atoms with E-state index in [9.17, 15) is 9.90 Å². The van der Waals surface area contributed by atoms with Crippen molar-refractivity contribution in [3.05, 3.63) is 82.3 Å². The maximum absolute atomic E-state index is 13.8. The van der Waals surface area contributed by atoms with Gasteiger partial charge in [-0.2, -0.15) is 5.10 Å². The molecule has 1 aliphatic rings. The Morgan fingerprint density at radius 3 is 2.41 bits per heavy atom. The van der Waals surface area contributed by atoms with Crippen molar-refractivity contribution in [1.29, 1.82) is 0 Å². The largest absolute Gasteiger partial charge is 0.507 e. The van der Waals surface area contributed by atoms with Gasteiger partial charge in [0.05, 0.1) is 27.4 Å². The van der Waals surface area contributed by atoms with Gasteiger partial charge in [0.15, 0.2) is 11.5 Å². The minimum Gasteiger partial charge on any atom is -0.507 e. The number of hydrogen-bond donors (Lipinski definition) is 2. The van der Waals surface area contributed by atoms with Crippen molar-refractivity contribution in [2.75, 3.05) is 21.3 Å². The van der Waals surface area contributed by atoms with Crippen molar-refractivity contribution < 1.29 is 24.1 Å². The summed E-state index contributed by atoms with van der Waals surface area (Å²) in [5.41, 5.74) is 5.44. The number of pyridine rings is 1. The van der Waals surface area contributed by atoms with Crippen LogP contribution in [0.2, 0.25) is 0 Å². The highest BCUT2D eigenvalue weighted by molar-refractivity contribution is 6.00. The molecule has 1 amide bonds. The van der Waals surface area contributed by atoms with Gasteiger partial charge in [-0.05, 0) is 60.4 Å². The summed E-state index contributed by atoms with van der Waals surface area (Å²) in [5.74, 6) is 1.31. The molecule has 3 heterocycles. The number of aromatic amines is 1. The van der Waals surface area contributed by atoms with Gasteiger partial charge >= 0.3 is 0 Å². The van der Waals surface area contributed by atoms with E-state index >= 15 is 0 Å². The van der Waals surface area contributed by atoms with E-state index in [1.54, 1.807) is 38.6 Å². The topological polar surface area (TPSA) is 110 Å². The van der Waals surface area contributed by atoms with Gasteiger partial charge in [-0.15, -0.1) is 0 Å². The smallest absolute Gasteiger partial charge is 0.273 e. The molecule has 5 rings (SSSR count). The second kappa shape index (κ2) is 9.50. The molecule has 1 atom stereocenters. The van der Waals surface area contributed by atoms with Crippen molar-refractivity contribution in [2.24, 2.45) is 0 Å². The summed E-state index contributed by atoms with van der Waals surface area (Å²) in [5, 5.41) is 18.4. The van der Waals surface area contributed by atoms with E-state index in [1.165, 1.54) is 0 Å². The number of phenolic OH excluding ortho intramolecular Hbond substituents is 1. The van der Waals surface area contributed by atoms with Crippen LogP contribution >= 0.6 is 0 Å². The summed E-state index contributed by atoms with van der Waals surface area (Å²) in [6.45, 7) is 4.11. The number of ether oxygens (including phenoxy) is 3. The molecule has 9 heteroatoms. The van der Waals surface area contributed by atoms with Crippen LogP contribution < -0.4 is 14.2 Å². The van der Waals surface area contributed by atoms with Gasteiger partial charge in [-0.3, -0.25) is 14.9 Å². The van der Waals surface area contributed by atoms with Gasteiger partial charge in [-0.25, -0.2) is 0 Å². The van der Waals surface area contributed by atoms with Crippen molar-refractivity contribution in [1.82, 2.24) is 20.1 Å². The van der Waals surface area contributed by atoms with Gasteiger partial charge in [-0.1, -0.05) is 12.1 Å². The van der Waals surface area contributed by atoms with E-state index in [0.717, 1.165) is 22.3 Å². The third-order valence-electron chi connectivity index (χ3n) is 6.64. The van der Waals surface area contributed by atoms with Gasteiger partial charge in [0.25, 0.3) is 5.91 Å². The molecule has 0 fully saturated rings. The molecule has 0 saturated carbocycles. The Labute approximate surface area is 214 Å². The summed E-state index contributed by atoms with van der Waals surface area (Å²) in [6.07, 6.45) is 3.43. The molecule has 0 unspecified atom stereocenters. The first-order chi connectivity index (χ1) is 17.9. The Bertz CT molecular complexity index is 1460. The number of phenols is 1. The van der Waals surface area contributed by atoms with E-state index in [1.807, 2.05) is 50.2 Å². The first kappa shape index (κ1) is 24.2. The fourth-order valence-electron chi connectivity index (χ4n) is 5.00. The third kappa shape index (κ3) is 4.02. The average Bonchev–Trinajstić information content (AvgIpc) is 3.44. The van der Waals surface area contributed by atoms with Gasteiger partial charge in [0.2, 0.25) is 5.75 Å². The van der Waals surface area contributed by atoms with E-state index in [4.69, 9.17) is 14.2 Å². The van der Waals surface area contributed by atoms with Crippen LogP contribution in [0.15, 0.2) is 48.8 Å². The SMILES string of the molecule is COc1cc([C@H]2c3c(-c4cc(C)cc(C)c4O)n[nH]c3C(=O)N2Cc2cccnc2)cc(OC)c1OC. The van der Waals surface area contributed by atoms with E-state index in [2.05, 4.69) is 15.2 Å². The average molecular weight is 501 g/mol. The van der Waals surface area contributed by atoms with Crippen LogP contribution in [0.1, 0.15) is 44.3 Å². The lowest BCUT2D eigenvalue weighted by Crippen LogP contribution is -2.29. The zero-order valence-corrected chi connectivity index (χ0v) is 21.3. The van der Waals surface area contributed by atoms with Crippen LogP contribution in [0.3, 0.4) is 0 Å². The molecule has 0 radical (unpaired) electrons. The summed E-state index contributed by atoms with van der Waals surface area (Å²) in [7, 11) is 4.65. The molecule has 2 aromatic carbocycles. The van der Waals surface area contributed by atoms with E-state index in [0.29, 0.717) is 46.3 Å². The molecule has 2 aromatic heterocycles. The van der Waals surface area contributed by atoms with Crippen LogP contribution in [0.25, 0.3) is 11.3 Å². The predicted octanol–water partition coefficient (Wildman–Crippen LogP) is 4.57. The number of fused-ring (bicyclic) bond motifs is 1. The summed E-state index contributed by atoms with van der Waals surface area (Å²) < 4.78 is 16.7. The standard InChI is InChI=1S/C28H28N4O5/c1-15-9-16(2)26(33)19(10-15)23-22-24(31-30-23)28(34)32(14-17-7-6-8-29-13-17)25(22)18-11-20(35-3)27(37-5)21(12-18)36-4/h6-13,25,33H,14H2,1-5H3,(H,30,31)/t25-/m0/s1. The molecule has 9 nitrogen and oxygen atoms in total. The zero-order chi connectivity index (χ0) is 26.3. The van der Waals surface area contributed by atoms with Crippen molar-refractivity contribution in [3.63, 3.8) is 0 Å². The lowest BCUT2D eigenvalue weighted by Gasteiger charge is -2.27. The maximum Gasteiger partial charge on any atom is 0.273 e. The first-order valence-corrected chi connectivity index (χ1v) is 11.8. The molecule has 0 spiro atoms. The number of nitrogens with zero attached hydrogens (tertiary/aromatic N) is 3. The highest BCUT2D eigenvalue weighted by atomic mass is 16.5. The molecule has 1 aliphatic heterocycles. The number of H-pyrrole nitrogens is 1. The lowest BCUT2D eigenvalue weighted by molar-refractivity contribution is 0.0729. The fraction of sp³-hybridized carbons (Fsp3) is 0.250. The Balaban J connectivity index is 1.75. The predicted molar refractivity (Wildman–Crippen MR) is 137 cm³/mol. The number of aromatic hydroxyl groups is 1. The van der Waals surface area contributed by atoms with E-state index in [-0.39, 0.29) is 11.7 Å². The Hall–Kier alpha value is -4.53. The number of methoxy groups -OCH3 is 3. The highest BCUT2D eigenvalue weighted by Gasteiger charge is 2.43. The van der Waals surface area contributed by atoms with Crippen molar-refractivity contribution in [2.45, 2.75) is 26.4 Å². The number of aromatic nitrogens is 3. The molecule has 4 aromatic rings. The molecular weight excluding hydrogens is 472 g/mol. The highest BCUT2D eigenvalue weighted by Crippen LogP contribution is 2.49. The van der Waals surface area contributed by atoms with Crippen molar-refractivity contribution in [3.8, 4) is 34.3 Å². The molecule has 37 heavy (non-hydrogen) atoms. The Morgan fingerprint density at radius 2 is 1.78 bits per heavy atom. The minimum absolute atomic E-state index is 0.127. The summed E-state index contributed by atoms with van der Waals surface area (Å²) in [4.78, 5) is 19.7. The monoisotopic (exact) mass is 500 g/mol. The first-order valence-electron chi connectivity index (χ1n) is 11.8. The number of benzene rings is 2. The summed E-state index contributed by atoms with van der Waals surface area (Å²) >= 11 is 0. The molecule has 0 aliphatic carbocycles. The molecule has 2 N–H and O–H groups in total. The van der Waals surface area contributed by atoms with Crippen LogP contribution in [0.5, 0.6) is 23.0 Å². The van der Waals surface area contributed by atoms with Crippen LogP contribution in [-0.4, -0.2) is 52.4 Å². The number of aryl methyl sites for hydroxylation is 2. The Kier molecular flexibility index (Phi) is 6.20. The normalized spacial score (nSPS) is 14.6. The second-order valence-electron chi connectivity index (χ2n) is 8.99. The van der Waals surface area contributed by atoms with Crippen molar-refractivity contribution >= 4 is 5.91 Å². The number of hydrogen-bond acceptors (Lipinski definition) is 7. The Morgan fingerprint density at radius 1 is 1.05 bits per heavy atom. The zero-order valence-electron chi connectivity index (χ0n) is 21.3. The number of carbonyl (C=O) groups is 1. The molecule has 0 bridgehead atoms. The number of amides is 1.